The number of aromatic nitrogens is 1. The lowest BCUT2D eigenvalue weighted by Crippen LogP contribution is -2.16. The smallest absolute Gasteiger partial charge is 0.265 e. The van der Waals surface area contributed by atoms with Crippen LogP contribution in [-0.4, -0.2) is 13.4 Å². The molecule has 0 spiro atoms. The van der Waals surface area contributed by atoms with Crippen molar-refractivity contribution in [2.24, 2.45) is 0 Å². The second kappa shape index (κ2) is 5.74. The maximum atomic E-state index is 14.0. The molecule has 0 amide bonds. The summed E-state index contributed by atoms with van der Waals surface area (Å²) in [5.41, 5.74) is 4.97. The van der Waals surface area contributed by atoms with E-state index < -0.39 is 32.4 Å². The first-order valence-corrected chi connectivity index (χ1v) is 7.95. The zero-order valence-electron chi connectivity index (χ0n) is 10.1. The molecule has 0 fully saturated rings. The first kappa shape index (κ1) is 15.9. The number of nitrogens with one attached hydrogen (secondary N) is 1. The van der Waals surface area contributed by atoms with Gasteiger partial charge >= 0.3 is 0 Å². The van der Waals surface area contributed by atoms with Crippen LogP contribution in [0.15, 0.2) is 33.8 Å². The van der Waals surface area contributed by atoms with Crippen LogP contribution in [0.4, 0.5) is 20.2 Å². The van der Waals surface area contributed by atoms with E-state index in [0.717, 1.165) is 24.4 Å². The largest absolute Gasteiger partial charge is 0.395 e. The monoisotopic (exact) mass is 397 g/mol. The second-order valence-electron chi connectivity index (χ2n) is 3.87. The maximum absolute atomic E-state index is 14.0. The van der Waals surface area contributed by atoms with Crippen LogP contribution in [-0.2, 0) is 10.0 Å². The van der Waals surface area contributed by atoms with Gasteiger partial charge in [-0.25, -0.2) is 17.8 Å². The topological polar surface area (TPSA) is 85.1 Å². The van der Waals surface area contributed by atoms with Crippen molar-refractivity contribution in [3.05, 3.63) is 45.7 Å². The summed E-state index contributed by atoms with van der Waals surface area (Å²) in [6.45, 7) is 0. The van der Waals surface area contributed by atoms with E-state index >= 15 is 0 Å². The highest BCUT2D eigenvalue weighted by molar-refractivity contribution is 9.10. The van der Waals surface area contributed by atoms with Crippen molar-refractivity contribution in [3.63, 3.8) is 0 Å². The summed E-state index contributed by atoms with van der Waals surface area (Å²) in [4.78, 5) is 2.56. The zero-order chi connectivity index (χ0) is 15.8. The number of hydrogen-bond donors (Lipinski definition) is 2. The molecule has 5 nitrogen and oxygen atoms in total. The molecule has 0 radical (unpaired) electrons. The normalized spacial score (nSPS) is 11.4. The summed E-state index contributed by atoms with van der Waals surface area (Å²) in [6, 6.07) is 3.01. The first-order chi connectivity index (χ1) is 9.72. The molecule has 2 aromatic rings. The molecule has 1 aromatic carbocycles. The second-order valence-corrected chi connectivity index (χ2v) is 6.72. The highest BCUT2D eigenvalue weighted by Gasteiger charge is 2.24. The minimum absolute atomic E-state index is 0.0339. The Kier molecular flexibility index (Phi) is 4.35. The van der Waals surface area contributed by atoms with Crippen LogP contribution in [0.25, 0.3) is 0 Å². The van der Waals surface area contributed by atoms with Crippen LogP contribution in [0.2, 0.25) is 5.02 Å². The molecule has 0 aliphatic heterocycles. The highest BCUT2D eigenvalue weighted by atomic mass is 79.9. The fourth-order valence-electron chi connectivity index (χ4n) is 1.44. The van der Waals surface area contributed by atoms with Crippen LogP contribution in [0.5, 0.6) is 0 Å². The quantitative estimate of drug-likeness (QED) is 0.472. The molecular weight excluding hydrogens is 392 g/mol. The Balaban J connectivity index is 2.47. The number of pyridine rings is 1. The van der Waals surface area contributed by atoms with Gasteiger partial charge in [0, 0.05) is 0 Å². The lowest BCUT2D eigenvalue weighted by atomic mass is 10.3. The molecule has 0 saturated carbocycles. The van der Waals surface area contributed by atoms with Crippen LogP contribution in [0.1, 0.15) is 0 Å². The number of nitrogen functional groups attached to an aromatic ring is 1. The van der Waals surface area contributed by atoms with E-state index in [2.05, 4.69) is 25.6 Å². The molecule has 21 heavy (non-hydrogen) atoms. The molecule has 0 atom stereocenters. The van der Waals surface area contributed by atoms with Gasteiger partial charge in [0.05, 0.1) is 27.1 Å². The standard InChI is InChI=1S/C11H7BrClF2N3O2S/c12-9-6(13)3-7(10(15)11(9)16)21(19,20)18-5-1-2-8(14)17-4-5/h1-4,18H,16H2. The number of anilines is 2. The Hall–Kier alpha value is -1.45. The molecule has 1 heterocycles. The van der Waals surface area contributed by atoms with Crippen LogP contribution in [0.3, 0.4) is 0 Å². The Morgan fingerprint density at radius 1 is 1.33 bits per heavy atom. The average molecular weight is 399 g/mol. The first-order valence-electron chi connectivity index (χ1n) is 5.29. The molecule has 0 aliphatic rings. The fourth-order valence-corrected chi connectivity index (χ4v) is 3.17. The molecule has 10 heteroatoms. The third-order valence-corrected chi connectivity index (χ3v) is 5.19. The van der Waals surface area contributed by atoms with Gasteiger partial charge in [0.25, 0.3) is 10.0 Å². The lowest BCUT2D eigenvalue weighted by molar-refractivity contribution is 0.571. The highest BCUT2D eigenvalue weighted by Crippen LogP contribution is 2.35. The number of sulfonamides is 1. The van der Waals surface area contributed by atoms with Gasteiger partial charge in [-0.15, -0.1) is 0 Å². The van der Waals surface area contributed by atoms with Gasteiger partial charge in [0.15, 0.2) is 5.82 Å². The number of nitrogens with two attached hydrogens (primary N) is 1. The van der Waals surface area contributed by atoms with Crippen molar-refractivity contribution < 1.29 is 17.2 Å². The van der Waals surface area contributed by atoms with E-state index in [0.29, 0.717) is 0 Å². The van der Waals surface area contributed by atoms with E-state index in [1.807, 2.05) is 0 Å². The summed E-state index contributed by atoms with van der Waals surface area (Å²) >= 11 is 8.71. The Morgan fingerprint density at radius 3 is 2.57 bits per heavy atom. The van der Waals surface area contributed by atoms with Gasteiger partial charge in [0.2, 0.25) is 5.95 Å². The Morgan fingerprint density at radius 2 is 2.00 bits per heavy atom. The molecule has 0 bridgehead atoms. The molecule has 0 unspecified atom stereocenters. The molecule has 0 aliphatic carbocycles. The van der Waals surface area contributed by atoms with Crippen molar-refractivity contribution in [1.82, 2.24) is 4.98 Å². The van der Waals surface area contributed by atoms with Gasteiger partial charge in [-0.3, -0.25) is 4.72 Å². The molecule has 3 N–H and O–H groups in total. The van der Waals surface area contributed by atoms with Gasteiger partial charge in [0.1, 0.15) is 4.90 Å². The molecular formula is C11H7BrClF2N3O2S. The van der Waals surface area contributed by atoms with Crippen molar-refractivity contribution in [2.45, 2.75) is 4.90 Å². The maximum Gasteiger partial charge on any atom is 0.265 e. The predicted molar refractivity (Wildman–Crippen MR) is 78.5 cm³/mol. The van der Waals surface area contributed by atoms with Crippen molar-refractivity contribution >= 4 is 48.9 Å². The van der Waals surface area contributed by atoms with E-state index in [-0.39, 0.29) is 15.2 Å². The number of hydrogen-bond acceptors (Lipinski definition) is 4. The molecule has 2 rings (SSSR count). The Bertz CT molecular complexity index is 800. The van der Waals surface area contributed by atoms with E-state index in [1.54, 1.807) is 0 Å². The summed E-state index contributed by atoms with van der Waals surface area (Å²) in [5.74, 6) is -1.92. The third-order valence-electron chi connectivity index (χ3n) is 2.43. The molecule has 1 aromatic heterocycles. The number of halogens is 4. The average Bonchev–Trinajstić information content (AvgIpc) is 2.42. The lowest BCUT2D eigenvalue weighted by Gasteiger charge is -2.11. The van der Waals surface area contributed by atoms with Gasteiger partial charge in [-0.1, -0.05) is 11.6 Å². The van der Waals surface area contributed by atoms with Crippen molar-refractivity contribution in [3.8, 4) is 0 Å². The van der Waals surface area contributed by atoms with E-state index in [4.69, 9.17) is 17.3 Å². The molecule has 112 valence electrons. The summed E-state index contributed by atoms with van der Waals surface area (Å²) in [6.07, 6.45) is 0.953. The zero-order valence-corrected chi connectivity index (χ0v) is 13.2. The number of rotatable bonds is 3. The SMILES string of the molecule is Nc1c(F)c(S(=O)(=O)Nc2ccc(F)nc2)cc(Cl)c1Br. The van der Waals surface area contributed by atoms with Gasteiger partial charge in [-0.2, -0.15) is 4.39 Å². The number of nitrogens with zero attached hydrogens (tertiary/aromatic N) is 1. The summed E-state index contributed by atoms with van der Waals surface area (Å²) in [5, 5.41) is -0.0634. The van der Waals surface area contributed by atoms with E-state index in [1.165, 1.54) is 0 Å². The van der Waals surface area contributed by atoms with Gasteiger partial charge < -0.3 is 5.73 Å². The predicted octanol–water partition coefficient (Wildman–Crippen LogP) is 3.16. The number of benzene rings is 1. The van der Waals surface area contributed by atoms with E-state index in [9.17, 15) is 17.2 Å². The third kappa shape index (κ3) is 3.25. The van der Waals surface area contributed by atoms with Crippen LogP contribution >= 0.6 is 27.5 Å². The van der Waals surface area contributed by atoms with Crippen LogP contribution in [0, 0.1) is 11.8 Å². The fraction of sp³-hybridized carbons (Fsp3) is 0. The summed E-state index contributed by atoms with van der Waals surface area (Å²) < 4.78 is 53.0. The Labute approximate surface area is 132 Å². The van der Waals surface area contributed by atoms with Gasteiger partial charge in [-0.05, 0) is 34.1 Å². The van der Waals surface area contributed by atoms with Crippen LogP contribution < -0.4 is 10.5 Å². The van der Waals surface area contributed by atoms with Crippen molar-refractivity contribution in [1.29, 1.82) is 0 Å². The minimum atomic E-state index is -4.29. The minimum Gasteiger partial charge on any atom is -0.395 e. The molecule has 0 saturated heterocycles. The van der Waals surface area contributed by atoms with Crippen molar-refractivity contribution in [2.75, 3.05) is 10.5 Å². The summed E-state index contributed by atoms with van der Waals surface area (Å²) in [7, 11) is -4.29.